The molecule has 0 aliphatic heterocycles. The second-order valence-electron chi connectivity index (χ2n) is 6.72. The van der Waals surface area contributed by atoms with Crippen molar-refractivity contribution in [1.29, 1.82) is 0 Å². The molecule has 3 amide bonds. The molecule has 0 radical (unpaired) electrons. The van der Waals surface area contributed by atoms with Crippen molar-refractivity contribution in [3.63, 3.8) is 0 Å². The van der Waals surface area contributed by atoms with Crippen LogP contribution >= 0.6 is 23.4 Å². The Labute approximate surface area is 156 Å². The fourth-order valence-electron chi connectivity index (χ4n) is 2.30. The molecule has 136 valence electrons. The van der Waals surface area contributed by atoms with E-state index in [0.29, 0.717) is 5.02 Å². The van der Waals surface area contributed by atoms with Crippen LogP contribution in [0, 0.1) is 0 Å². The van der Waals surface area contributed by atoms with Gasteiger partial charge in [0.05, 0.1) is 16.8 Å². The maximum Gasteiger partial charge on any atom is 0.321 e. The SMILES string of the molecule is CCCn1c(SCC(=O)NC(=O)NC(C)(C)C)nc2cc(Cl)ccc21. The van der Waals surface area contributed by atoms with E-state index in [1.54, 1.807) is 0 Å². The lowest BCUT2D eigenvalue weighted by Crippen LogP contribution is -2.48. The summed E-state index contributed by atoms with van der Waals surface area (Å²) < 4.78 is 2.07. The molecule has 1 heterocycles. The second-order valence-corrected chi connectivity index (χ2v) is 8.10. The Kier molecular flexibility index (Phi) is 6.35. The van der Waals surface area contributed by atoms with Gasteiger partial charge in [-0.25, -0.2) is 9.78 Å². The summed E-state index contributed by atoms with van der Waals surface area (Å²) in [5, 5.41) is 6.39. The van der Waals surface area contributed by atoms with Gasteiger partial charge < -0.3 is 9.88 Å². The van der Waals surface area contributed by atoms with Gasteiger partial charge >= 0.3 is 6.03 Å². The molecule has 1 aromatic heterocycles. The molecule has 0 saturated heterocycles. The predicted octanol–water partition coefficient (Wildman–Crippen LogP) is 3.82. The lowest BCUT2D eigenvalue weighted by molar-refractivity contribution is -0.117. The van der Waals surface area contributed by atoms with Gasteiger partial charge in [-0.1, -0.05) is 30.3 Å². The van der Waals surface area contributed by atoms with E-state index in [0.717, 1.165) is 29.2 Å². The zero-order chi connectivity index (χ0) is 18.6. The van der Waals surface area contributed by atoms with E-state index < -0.39 is 11.6 Å². The first-order chi connectivity index (χ1) is 11.7. The number of halogens is 1. The molecule has 25 heavy (non-hydrogen) atoms. The standard InChI is InChI=1S/C17H23ClN4O2S/c1-5-8-22-13-7-6-11(18)9-12(13)19-16(22)25-10-14(23)20-15(24)21-17(2,3)4/h6-7,9H,5,8,10H2,1-4H3,(H2,20,21,23,24). The molecule has 2 aromatic rings. The van der Waals surface area contributed by atoms with E-state index in [2.05, 4.69) is 27.1 Å². The minimum Gasteiger partial charge on any atom is -0.333 e. The molecule has 8 heteroatoms. The number of nitrogens with one attached hydrogen (secondary N) is 2. The van der Waals surface area contributed by atoms with Crippen LogP contribution in [0.2, 0.25) is 5.02 Å². The highest BCUT2D eigenvalue weighted by Crippen LogP contribution is 2.26. The van der Waals surface area contributed by atoms with E-state index in [-0.39, 0.29) is 11.7 Å². The molecule has 0 spiro atoms. The third-order valence-corrected chi connectivity index (χ3v) is 4.41. The maximum absolute atomic E-state index is 12.0. The number of carbonyl (C=O) groups excluding carboxylic acids is 2. The highest BCUT2D eigenvalue weighted by atomic mass is 35.5. The average Bonchev–Trinajstić information content (AvgIpc) is 2.80. The van der Waals surface area contributed by atoms with Crippen LogP contribution in [0.4, 0.5) is 4.79 Å². The molecule has 6 nitrogen and oxygen atoms in total. The predicted molar refractivity (Wildman–Crippen MR) is 102 cm³/mol. The highest BCUT2D eigenvalue weighted by Gasteiger charge is 2.17. The van der Waals surface area contributed by atoms with Crippen LogP contribution < -0.4 is 10.6 Å². The largest absolute Gasteiger partial charge is 0.333 e. The number of aromatic nitrogens is 2. The van der Waals surface area contributed by atoms with Gasteiger partial charge in [0.2, 0.25) is 5.91 Å². The van der Waals surface area contributed by atoms with Crippen molar-refractivity contribution >= 4 is 46.3 Å². The third kappa shape index (κ3) is 5.64. The molecule has 0 atom stereocenters. The number of amides is 3. The number of hydrogen-bond acceptors (Lipinski definition) is 4. The number of imidazole rings is 1. The monoisotopic (exact) mass is 382 g/mol. The minimum atomic E-state index is -0.494. The number of imide groups is 1. The number of aryl methyl sites for hydroxylation is 1. The van der Waals surface area contributed by atoms with Crippen molar-refractivity contribution in [2.45, 2.75) is 51.4 Å². The molecule has 0 saturated carbocycles. The lowest BCUT2D eigenvalue weighted by atomic mass is 10.1. The van der Waals surface area contributed by atoms with Crippen molar-refractivity contribution in [3.8, 4) is 0 Å². The molecule has 0 bridgehead atoms. The number of urea groups is 1. The fraction of sp³-hybridized carbons (Fsp3) is 0.471. The van der Waals surface area contributed by atoms with Crippen LogP contribution in [0.1, 0.15) is 34.1 Å². The Bertz CT molecular complexity index is 783. The molecule has 2 rings (SSSR count). The topological polar surface area (TPSA) is 76.0 Å². The zero-order valence-corrected chi connectivity index (χ0v) is 16.4. The second kappa shape index (κ2) is 8.10. The fourth-order valence-corrected chi connectivity index (χ4v) is 3.30. The number of thioether (sulfide) groups is 1. The number of benzene rings is 1. The molecule has 0 unspecified atom stereocenters. The first-order valence-electron chi connectivity index (χ1n) is 8.10. The summed E-state index contributed by atoms with van der Waals surface area (Å²) in [5.74, 6) is -0.252. The summed E-state index contributed by atoms with van der Waals surface area (Å²) in [6.45, 7) is 8.43. The van der Waals surface area contributed by atoms with Crippen LogP contribution in [-0.2, 0) is 11.3 Å². The van der Waals surface area contributed by atoms with Gasteiger partial charge in [-0.3, -0.25) is 10.1 Å². The van der Waals surface area contributed by atoms with E-state index in [1.807, 2.05) is 39.0 Å². The number of nitrogens with zero attached hydrogens (tertiary/aromatic N) is 2. The highest BCUT2D eigenvalue weighted by molar-refractivity contribution is 7.99. The van der Waals surface area contributed by atoms with Crippen LogP contribution in [0.3, 0.4) is 0 Å². The van der Waals surface area contributed by atoms with E-state index in [1.165, 1.54) is 11.8 Å². The number of rotatable bonds is 5. The van der Waals surface area contributed by atoms with Crippen LogP contribution in [0.25, 0.3) is 11.0 Å². The van der Waals surface area contributed by atoms with Crippen molar-refractivity contribution in [1.82, 2.24) is 20.2 Å². The van der Waals surface area contributed by atoms with Gasteiger partial charge in [0, 0.05) is 17.1 Å². The van der Waals surface area contributed by atoms with Crippen LogP contribution in [0.5, 0.6) is 0 Å². The number of carbonyl (C=O) groups is 2. The third-order valence-electron chi connectivity index (χ3n) is 3.20. The molecule has 2 N–H and O–H groups in total. The number of fused-ring (bicyclic) bond motifs is 1. The summed E-state index contributed by atoms with van der Waals surface area (Å²) in [5.41, 5.74) is 1.39. The first-order valence-corrected chi connectivity index (χ1v) is 9.46. The molecule has 0 aliphatic rings. The van der Waals surface area contributed by atoms with Crippen LogP contribution in [-0.4, -0.2) is 32.8 Å². The lowest BCUT2D eigenvalue weighted by Gasteiger charge is -2.20. The van der Waals surface area contributed by atoms with Crippen molar-refractivity contribution < 1.29 is 9.59 Å². The van der Waals surface area contributed by atoms with E-state index in [4.69, 9.17) is 11.6 Å². The quantitative estimate of drug-likeness (QED) is 0.771. The molecular formula is C17H23ClN4O2S. The van der Waals surface area contributed by atoms with Gasteiger partial charge in [-0.05, 0) is 45.4 Å². The molecule has 0 fully saturated rings. The van der Waals surface area contributed by atoms with Gasteiger partial charge in [0.1, 0.15) is 0 Å². The Hall–Kier alpha value is -1.73. The number of hydrogen-bond donors (Lipinski definition) is 2. The normalized spacial score (nSPS) is 11.6. The van der Waals surface area contributed by atoms with Crippen molar-refractivity contribution in [2.75, 3.05) is 5.75 Å². The molecule has 0 aliphatic carbocycles. The smallest absolute Gasteiger partial charge is 0.321 e. The minimum absolute atomic E-state index is 0.109. The zero-order valence-electron chi connectivity index (χ0n) is 14.9. The Morgan fingerprint density at radius 2 is 2.04 bits per heavy atom. The Morgan fingerprint density at radius 1 is 1.32 bits per heavy atom. The summed E-state index contributed by atoms with van der Waals surface area (Å²) in [6.07, 6.45) is 0.946. The summed E-state index contributed by atoms with van der Waals surface area (Å²) in [7, 11) is 0. The Balaban J connectivity index is 2.06. The Morgan fingerprint density at radius 3 is 2.68 bits per heavy atom. The molecule has 1 aromatic carbocycles. The first kappa shape index (κ1) is 19.6. The maximum atomic E-state index is 12.0. The van der Waals surface area contributed by atoms with E-state index >= 15 is 0 Å². The summed E-state index contributed by atoms with van der Waals surface area (Å²) in [4.78, 5) is 28.3. The summed E-state index contributed by atoms with van der Waals surface area (Å²) >= 11 is 7.33. The van der Waals surface area contributed by atoms with Gasteiger partial charge in [0.25, 0.3) is 0 Å². The van der Waals surface area contributed by atoms with Crippen LogP contribution in [0.15, 0.2) is 23.4 Å². The average molecular weight is 383 g/mol. The summed E-state index contributed by atoms with van der Waals surface area (Å²) in [6, 6.07) is 5.08. The van der Waals surface area contributed by atoms with Gasteiger partial charge in [-0.2, -0.15) is 0 Å². The van der Waals surface area contributed by atoms with E-state index in [9.17, 15) is 9.59 Å². The van der Waals surface area contributed by atoms with Crippen molar-refractivity contribution in [2.24, 2.45) is 0 Å². The van der Waals surface area contributed by atoms with Gasteiger partial charge in [-0.15, -0.1) is 0 Å². The van der Waals surface area contributed by atoms with Gasteiger partial charge in [0.15, 0.2) is 5.16 Å². The molecular weight excluding hydrogens is 360 g/mol. The van der Waals surface area contributed by atoms with Crippen molar-refractivity contribution in [3.05, 3.63) is 23.2 Å².